The van der Waals surface area contributed by atoms with E-state index < -0.39 is 35.8 Å². The van der Waals surface area contributed by atoms with Gasteiger partial charge < -0.3 is 42.3 Å². The van der Waals surface area contributed by atoms with E-state index in [0.717, 1.165) is 41.5 Å². The molecule has 0 aromatic heterocycles. The average molecular weight is 740 g/mol. The van der Waals surface area contributed by atoms with Crippen LogP contribution < -0.4 is 27.0 Å². The zero-order chi connectivity index (χ0) is 35.5. The molecule has 2 aromatic carbocycles. The molecule has 0 saturated heterocycles. The van der Waals surface area contributed by atoms with Gasteiger partial charge >= 0.3 is 5.97 Å². The van der Waals surface area contributed by atoms with Gasteiger partial charge in [0.2, 0.25) is 23.6 Å². The highest BCUT2D eigenvalue weighted by Crippen LogP contribution is 2.22. The van der Waals surface area contributed by atoms with Crippen LogP contribution in [-0.4, -0.2) is 90.5 Å². The Bertz CT molecular complexity index is 1340. The van der Waals surface area contributed by atoms with Gasteiger partial charge in [0.25, 0.3) is 0 Å². The Kier molecular flexibility index (Phi) is 23.2. The van der Waals surface area contributed by atoms with E-state index in [2.05, 4.69) is 26.0 Å². The maximum atomic E-state index is 13.1. The number of carbonyl (C=O) groups is 5. The predicted octanol–water partition coefficient (Wildman–Crippen LogP) is 1.80. The highest BCUT2D eigenvalue weighted by atomic mass is 35.5. The van der Waals surface area contributed by atoms with Crippen molar-refractivity contribution in [2.45, 2.75) is 83.3 Å². The molecule has 0 aliphatic carbocycles. The highest BCUT2D eigenvalue weighted by Gasteiger charge is 2.26. The molecule has 50 heavy (non-hydrogen) atoms. The first-order chi connectivity index (χ1) is 22.9. The Morgan fingerprint density at radius 1 is 0.860 bits per heavy atom. The van der Waals surface area contributed by atoms with E-state index in [1.807, 2.05) is 50.4 Å². The molecule has 15 heteroatoms. The van der Waals surface area contributed by atoms with Crippen LogP contribution in [0.2, 0.25) is 0 Å². The lowest BCUT2D eigenvalue weighted by atomic mass is 9.96. The number of nitrogens with one attached hydrogen (secondary N) is 4. The van der Waals surface area contributed by atoms with Crippen molar-refractivity contribution in [3.05, 3.63) is 64.7 Å². The number of nitrogens with two attached hydrogens (primary N) is 1. The number of aromatic hydroxyl groups is 1. The third kappa shape index (κ3) is 17.2. The van der Waals surface area contributed by atoms with Gasteiger partial charge in [0, 0.05) is 19.4 Å². The SMILES string of the molecule is COC(=O)CCCCCCNC(=O)[C@H](Cc1ccccc1)NC(=O)CNC(=O)[C@@H](CCSC)NC(=O)[C@H](N)Cc1c(C)cc(O)cc1C.Cl.O. The molecule has 2 aromatic rings. The zero-order valence-corrected chi connectivity index (χ0v) is 31.0. The number of thioether (sulfide) groups is 1. The first-order valence-electron chi connectivity index (χ1n) is 16.2. The van der Waals surface area contributed by atoms with Crippen molar-refractivity contribution in [3.8, 4) is 5.75 Å². The Hall–Kier alpha value is -3.85. The molecule has 0 radical (unpaired) electrons. The standard InChI is InChI=1S/C35H51N5O7S.ClH.H2O/c1-23-18-26(41)19-24(2)27(23)21-28(36)33(44)40-29(15-17-48-4)34(45)38-22-31(42)39-30(20-25-12-8-7-9-13-25)35(46)37-16-11-6-5-10-14-32(43)47-3;;/h7-9,12-13,18-19,28-30,41H,5-6,10-11,14-17,20-22,36H2,1-4H3,(H,37,46)(H,38,45)(H,39,42)(H,40,44);1H;1H2/t28-,29-,30+;;/m1../s1. The number of halogens is 1. The molecule has 280 valence electrons. The second-order valence-corrected chi connectivity index (χ2v) is 12.8. The number of phenolic OH excluding ortho intramolecular Hbond substituents is 1. The fourth-order valence-electron chi connectivity index (χ4n) is 5.17. The molecule has 0 saturated carbocycles. The molecule has 9 N–H and O–H groups in total. The summed E-state index contributed by atoms with van der Waals surface area (Å²) in [7, 11) is 1.36. The molecule has 0 spiro atoms. The van der Waals surface area contributed by atoms with Crippen LogP contribution in [-0.2, 0) is 41.6 Å². The largest absolute Gasteiger partial charge is 0.508 e. The first-order valence-corrected chi connectivity index (χ1v) is 17.6. The number of esters is 1. The number of amides is 4. The maximum absolute atomic E-state index is 13.1. The normalized spacial score (nSPS) is 12.2. The van der Waals surface area contributed by atoms with E-state index in [-0.39, 0.29) is 54.9 Å². The predicted molar refractivity (Wildman–Crippen MR) is 198 cm³/mol. The van der Waals surface area contributed by atoms with E-state index in [4.69, 9.17) is 5.73 Å². The average Bonchev–Trinajstić information content (AvgIpc) is 3.06. The minimum atomic E-state index is -0.933. The third-order valence-corrected chi connectivity index (χ3v) is 8.52. The van der Waals surface area contributed by atoms with Crippen molar-refractivity contribution in [3.63, 3.8) is 0 Å². The molecular formula is C35H54ClN5O8S. The van der Waals surface area contributed by atoms with Gasteiger partial charge in [-0.15, -0.1) is 12.4 Å². The van der Waals surface area contributed by atoms with Crippen molar-refractivity contribution in [1.82, 2.24) is 21.3 Å². The fraction of sp³-hybridized carbons (Fsp3) is 0.514. The van der Waals surface area contributed by atoms with Crippen molar-refractivity contribution >= 4 is 53.8 Å². The van der Waals surface area contributed by atoms with Crippen LogP contribution in [0.4, 0.5) is 0 Å². The number of carbonyl (C=O) groups excluding carboxylic acids is 5. The summed E-state index contributed by atoms with van der Waals surface area (Å²) < 4.78 is 4.64. The summed E-state index contributed by atoms with van der Waals surface area (Å²) in [5.41, 5.74) is 9.55. The van der Waals surface area contributed by atoms with Crippen molar-refractivity contribution in [2.24, 2.45) is 5.73 Å². The van der Waals surface area contributed by atoms with Crippen LogP contribution in [0.15, 0.2) is 42.5 Å². The molecule has 2 rings (SSSR count). The van der Waals surface area contributed by atoms with E-state index >= 15 is 0 Å². The summed E-state index contributed by atoms with van der Waals surface area (Å²) in [6.45, 7) is 3.69. The molecule has 13 nitrogen and oxygen atoms in total. The van der Waals surface area contributed by atoms with Crippen LogP contribution in [0.1, 0.15) is 60.8 Å². The molecular weight excluding hydrogens is 686 g/mol. The summed E-state index contributed by atoms with van der Waals surface area (Å²) in [5.74, 6) is -1.45. The quantitative estimate of drug-likeness (QED) is 0.0811. The number of rotatable bonds is 21. The first kappa shape index (κ1) is 46.1. The number of benzene rings is 2. The Balaban J connectivity index is 0.0000120. The lowest BCUT2D eigenvalue weighted by Gasteiger charge is -2.22. The zero-order valence-electron chi connectivity index (χ0n) is 29.3. The summed E-state index contributed by atoms with van der Waals surface area (Å²) >= 11 is 1.51. The molecule has 0 aliphatic heterocycles. The van der Waals surface area contributed by atoms with Crippen LogP contribution in [0.25, 0.3) is 0 Å². The summed E-state index contributed by atoms with van der Waals surface area (Å²) in [6.07, 6.45) is 6.15. The van der Waals surface area contributed by atoms with Crippen molar-refractivity contribution < 1.29 is 39.3 Å². The topological polar surface area (TPSA) is 220 Å². The molecule has 0 fully saturated rings. The minimum absolute atomic E-state index is 0. The van der Waals surface area contributed by atoms with Gasteiger partial charge in [0.05, 0.1) is 19.7 Å². The van der Waals surface area contributed by atoms with Gasteiger partial charge in [-0.2, -0.15) is 11.8 Å². The molecule has 0 bridgehead atoms. The van der Waals surface area contributed by atoms with Crippen LogP contribution >= 0.6 is 24.2 Å². The second-order valence-electron chi connectivity index (χ2n) is 11.8. The smallest absolute Gasteiger partial charge is 0.305 e. The van der Waals surface area contributed by atoms with Gasteiger partial charge in [-0.3, -0.25) is 24.0 Å². The molecule has 0 heterocycles. The van der Waals surface area contributed by atoms with Crippen LogP contribution in [0, 0.1) is 13.8 Å². The summed E-state index contributed by atoms with van der Waals surface area (Å²) in [6, 6.07) is 9.80. The number of aryl methyl sites for hydroxylation is 2. The van der Waals surface area contributed by atoms with E-state index in [9.17, 15) is 29.1 Å². The number of unbranched alkanes of at least 4 members (excludes halogenated alkanes) is 3. The summed E-state index contributed by atoms with van der Waals surface area (Å²) in [5, 5.41) is 20.8. The van der Waals surface area contributed by atoms with E-state index in [0.29, 0.717) is 31.6 Å². The monoisotopic (exact) mass is 739 g/mol. The van der Waals surface area contributed by atoms with Gasteiger partial charge in [-0.05, 0) is 85.9 Å². The lowest BCUT2D eigenvalue weighted by Crippen LogP contribution is -2.54. The van der Waals surface area contributed by atoms with Gasteiger partial charge in [-0.25, -0.2) is 0 Å². The van der Waals surface area contributed by atoms with Crippen LogP contribution in [0.3, 0.4) is 0 Å². The van der Waals surface area contributed by atoms with Crippen LogP contribution in [0.5, 0.6) is 5.75 Å². The Morgan fingerprint density at radius 2 is 1.48 bits per heavy atom. The van der Waals surface area contributed by atoms with E-state index in [1.165, 1.54) is 18.9 Å². The second kappa shape index (κ2) is 25.2. The van der Waals surface area contributed by atoms with E-state index in [1.54, 1.807) is 12.1 Å². The number of hydrogen-bond acceptors (Lipinski definition) is 9. The molecule has 4 amide bonds. The van der Waals surface area contributed by atoms with Crippen molar-refractivity contribution in [1.29, 1.82) is 0 Å². The molecule has 3 atom stereocenters. The van der Waals surface area contributed by atoms with Crippen molar-refractivity contribution in [2.75, 3.05) is 32.2 Å². The summed E-state index contributed by atoms with van der Waals surface area (Å²) in [4.78, 5) is 63.5. The minimum Gasteiger partial charge on any atom is -0.508 e. The number of hydrogen-bond donors (Lipinski definition) is 6. The lowest BCUT2D eigenvalue weighted by molar-refractivity contribution is -0.140. The number of phenols is 1. The fourth-order valence-corrected chi connectivity index (χ4v) is 5.64. The third-order valence-electron chi connectivity index (χ3n) is 7.88. The Morgan fingerprint density at radius 3 is 2.10 bits per heavy atom. The highest BCUT2D eigenvalue weighted by molar-refractivity contribution is 7.98. The molecule has 0 aliphatic rings. The van der Waals surface area contributed by atoms with Gasteiger partial charge in [0.1, 0.15) is 17.8 Å². The van der Waals surface area contributed by atoms with Gasteiger partial charge in [-0.1, -0.05) is 43.2 Å². The molecule has 0 unspecified atom stereocenters. The van der Waals surface area contributed by atoms with Gasteiger partial charge in [0.15, 0.2) is 0 Å². The number of ether oxygens (including phenoxy) is 1. The Labute approximate surface area is 305 Å². The number of methoxy groups -OCH3 is 1. The maximum Gasteiger partial charge on any atom is 0.305 e.